The molecule has 3 heterocycles. The smallest absolute Gasteiger partial charge is 0.281 e. The fraction of sp³-hybridized carbons (Fsp3) is 0. The molecule has 0 spiro atoms. The highest BCUT2D eigenvalue weighted by Gasteiger charge is 2.14. The van der Waals surface area contributed by atoms with Gasteiger partial charge in [-0.2, -0.15) is 4.68 Å². The van der Waals surface area contributed by atoms with Crippen LogP contribution in [0.4, 0.5) is 4.39 Å². The Hall–Kier alpha value is -2.84. The summed E-state index contributed by atoms with van der Waals surface area (Å²) in [5.41, 5.74) is 1.74. The van der Waals surface area contributed by atoms with Crippen LogP contribution in [-0.2, 0) is 0 Å². The molecule has 126 valence electrons. The second-order valence-electron chi connectivity index (χ2n) is 4.97. The molecule has 0 aliphatic heterocycles. The number of aromatic amines is 1. The monoisotopic (exact) mass is 375 g/mol. The Kier molecular flexibility index (Phi) is 4.73. The van der Waals surface area contributed by atoms with Gasteiger partial charge in [0.1, 0.15) is 10.8 Å². The van der Waals surface area contributed by atoms with Crippen molar-refractivity contribution < 1.29 is 4.39 Å². The minimum atomic E-state index is -0.315. The lowest BCUT2D eigenvalue weighted by molar-refractivity contribution is 0.628. The van der Waals surface area contributed by atoms with E-state index in [1.54, 1.807) is 36.8 Å². The molecule has 0 unspecified atom stereocenters. The van der Waals surface area contributed by atoms with Crippen molar-refractivity contribution in [1.82, 2.24) is 25.0 Å². The van der Waals surface area contributed by atoms with Crippen LogP contribution in [0.5, 0.6) is 0 Å². The molecule has 0 aliphatic rings. The highest BCUT2D eigenvalue weighted by molar-refractivity contribution is 7.17. The summed E-state index contributed by atoms with van der Waals surface area (Å²) in [5, 5.41) is 12.0. The van der Waals surface area contributed by atoms with Gasteiger partial charge in [0.25, 0.3) is 5.56 Å². The van der Waals surface area contributed by atoms with Crippen molar-refractivity contribution in [3.8, 4) is 26.8 Å². The molecule has 4 aromatic rings. The number of nitrogens with zero attached hydrogens (tertiary/aromatic N) is 4. The van der Waals surface area contributed by atoms with E-state index in [4.69, 9.17) is 0 Å². The predicted octanol–water partition coefficient (Wildman–Crippen LogP) is 3.31. The number of nitrogens with one attached hydrogen (secondary N) is 1. The van der Waals surface area contributed by atoms with E-state index in [1.165, 1.54) is 28.2 Å². The molecule has 1 aromatic carbocycles. The Morgan fingerprint density at radius 1 is 1.08 bits per heavy atom. The second-order valence-corrected chi connectivity index (χ2v) is 5.92. The van der Waals surface area contributed by atoms with Gasteiger partial charge >= 0.3 is 0 Å². The van der Waals surface area contributed by atoms with Crippen LogP contribution in [0.1, 0.15) is 0 Å². The predicted molar refractivity (Wildman–Crippen MR) is 95.7 cm³/mol. The molecule has 6 nitrogen and oxygen atoms in total. The van der Waals surface area contributed by atoms with E-state index < -0.39 is 0 Å². The summed E-state index contributed by atoms with van der Waals surface area (Å²) in [6, 6.07) is 9.54. The number of benzene rings is 1. The molecule has 4 rings (SSSR count). The third-order valence-electron chi connectivity index (χ3n) is 3.44. The number of hydrogen-bond acceptors (Lipinski definition) is 5. The maximum atomic E-state index is 13.0. The number of H-pyrrole nitrogens is 1. The van der Waals surface area contributed by atoms with E-state index in [-0.39, 0.29) is 23.8 Å². The molecule has 0 fully saturated rings. The zero-order valence-corrected chi connectivity index (χ0v) is 14.2. The molecular formula is C16H11ClFN5OS. The maximum Gasteiger partial charge on any atom is 0.281 e. The van der Waals surface area contributed by atoms with Crippen molar-refractivity contribution in [3.63, 3.8) is 0 Å². The van der Waals surface area contributed by atoms with Crippen molar-refractivity contribution in [2.24, 2.45) is 0 Å². The van der Waals surface area contributed by atoms with Crippen LogP contribution < -0.4 is 5.56 Å². The van der Waals surface area contributed by atoms with Crippen LogP contribution in [0.15, 0.2) is 59.8 Å². The minimum absolute atomic E-state index is 0. The minimum Gasteiger partial charge on any atom is -0.295 e. The fourth-order valence-corrected chi connectivity index (χ4v) is 3.07. The Labute approximate surface area is 151 Å². The lowest BCUT2D eigenvalue weighted by Gasteiger charge is -1.95. The molecule has 0 bridgehead atoms. The number of pyridine rings is 1. The summed E-state index contributed by atoms with van der Waals surface area (Å²) in [5.74, 6) is -0.315. The third kappa shape index (κ3) is 3.21. The summed E-state index contributed by atoms with van der Waals surface area (Å²) >= 11 is 1.24. The van der Waals surface area contributed by atoms with Crippen LogP contribution in [0, 0.1) is 5.82 Å². The molecule has 0 atom stereocenters. The van der Waals surface area contributed by atoms with Crippen LogP contribution in [0.3, 0.4) is 0 Å². The Morgan fingerprint density at radius 3 is 2.60 bits per heavy atom. The van der Waals surface area contributed by atoms with E-state index in [2.05, 4.69) is 20.3 Å². The van der Waals surface area contributed by atoms with E-state index in [9.17, 15) is 9.18 Å². The molecular weight excluding hydrogens is 365 g/mol. The maximum absolute atomic E-state index is 13.0. The normalized spacial score (nSPS) is 10.4. The summed E-state index contributed by atoms with van der Waals surface area (Å²) in [7, 11) is 0. The van der Waals surface area contributed by atoms with E-state index in [1.807, 2.05) is 6.07 Å². The highest BCUT2D eigenvalue weighted by Crippen LogP contribution is 2.25. The van der Waals surface area contributed by atoms with Gasteiger partial charge in [-0.1, -0.05) is 17.4 Å². The summed E-state index contributed by atoms with van der Waals surface area (Å²) < 4.78 is 14.3. The van der Waals surface area contributed by atoms with Crippen molar-refractivity contribution >= 4 is 23.7 Å². The number of aromatic nitrogens is 5. The second kappa shape index (κ2) is 6.96. The number of hydrogen-bond donors (Lipinski definition) is 1. The third-order valence-corrected chi connectivity index (χ3v) is 4.40. The molecule has 1 N–H and O–H groups in total. The van der Waals surface area contributed by atoms with Crippen molar-refractivity contribution in [1.29, 1.82) is 0 Å². The van der Waals surface area contributed by atoms with E-state index in [0.717, 1.165) is 11.1 Å². The Morgan fingerprint density at radius 2 is 1.88 bits per heavy atom. The SMILES string of the molecule is Cl.O=c1c(-c2cccnc2)c[nH]n1-c1nnc(-c2ccc(F)cc2)s1. The van der Waals surface area contributed by atoms with Gasteiger partial charge < -0.3 is 0 Å². The van der Waals surface area contributed by atoms with Gasteiger partial charge in [-0.05, 0) is 30.3 Å². The van der Waals surface area contributed by atoms with Crippen molar-refractivity contribution in [2.45, 2.75) is 0 Å². The first-order chi connectivity index (χ1) is 11.7. The van der Waals surface area contributed by atoms with Gasteiger partial charge in [0.2, 0.25) is 5.13 Å². The zero-order valence-electron chi connectivity index (χ0n) is 12.6. The van der Waals surface area contributed by atoms with Crippen molar-refractivity contribution in [2.75, 3.05) is 0 Å². The Balaban J connectivity index is 0.00000182. The average Bonchev–Trinajstić information content (AvgIpc) is 3.23. The lowest BCUT2D eigenvalue weighted by atomic mass is 10.2. The highest BCUT2D eigenvalue weighted by atomic mass is 35.5. The van der Waals surface area contributed by atoms with Crippen LogP contribution in [0.2, 0.25) is 0 Å². The summed E-state index contributed by atoms with van der Waals surface area (Å²) in [6.07, 6.45) is 4.88. The van der Waals surface area contributed by atoms with Crippen LogP contribution in [0.25, 0.3) is 26.8 Å². The van der Waals surface area contributed by atoms with Gasteiger partial charge in [-0.25, -0.2) is 4.39 Å². The molecule has 0 radical (unpaired) electrons. The topological polar surface area (TPSA) is 76.5 Å². The summed E-state index contributed by atoms with van der Waals surface area (Å²) in [4.78, 5) is 16.6. The first kappa shape index (κ1) is 17.0. The van der Waals surface area contributed by atoms with Gasteiger partial charge in [0.15, 0.2) is 0 Å². The largest absolute Gasteiger partial charge is 0.295 e. The van der Waals surface area contributed by atoms with Gasteiger partial charge in [-0.15, -0.1) is 22.6 Å². The van der Waals surface area contributed by atoms with Gasteiger partial charge in [-0.3, -0.25) is 14.9 Å². The average molecular weight is 376 g/mol. The zero-order chi connectivity index (χ0) is 16.5. The molecule has 0 aliphatic carbocycles. The lowest BCUT2D eigenvalue weighted by Crippen LogP contribution is -2.15. The van der Waals surface area contributed by atoms with Crippen LogP contribution >= 0.6 is 23.7 Å². The molecule has 25 heavy (non-hydrogen) atoms. The quantitative estimate of drug-likeness (QED) is 0.596. The number of halogens is 2. The van der Waals surface area contributed by atoms with E-state index >= 15 is 0 Å². The molecule has 3 aromatic heterocycles. The molecule has 0 saturated heterocycles. The summed E-state index contributed by atoms with van der Waals surface area (Å²) in [6.45, 7) is 0. The standard InChI is InChI=1S/C16H10FN5OS.ClH/c17-12-5-3-10(4-6-12)14-20-21-16(24-14)22-15(23)13(9-19-22)11-2-1-7-18-8-11;/h1-9,19H;1H. The molecule has 0 amide bonds. The van der Waals surface area contributed by atoms with Crippen LogP contribution in [-0.4, -0.2) is 25.0 Å². The van der Waals surface area contributed by atoms with Gasteiger partial charge in [0, 0.05) is 29.7 Å². The fourth-order valence-electron chi connectivity index (χ4n) is 2.26. The Bertz CT molecular complexity index is 1040. The first-order valence-electron chi connectivity index (χ1n) is 7.03. The molecule has 0 saturated carbocycles. The van der Waals surface area contributed by atoms with E-state index in [0.29, 0.717) is 15.7 Å². The first-order valence-corrected chi connectivity index (χ1v) is 7.85. The number of rotatable bonds is 3. The van der Waals surface area contributed by atoms with Crippen molar-refractivity contribution in [3.05, 3.63) is 71.2 Å². The van der Waals surface area contributed by atoms with Gasteiger partial charge in [0.05, 0.1) is 5.56 Å². The molecule has 9 heteroatoms.